The third-order valence-corrected chi connectivity index (χ3v) is 5.93. The Morgan fingerprint density at radius 3 is 2.82 bits per heavy atom. The first-order valence-corrected chi connectivity index (χ1v) is 9.80. The zero-order chi connectivity index (χ0) is 19.8. The summed E-state index contributed by atoms with van der Waals surface area (Å²) in [6.07, 6.45) is 0.680. The highest BCUT2D eigenvalue weighted by atomic mass is 35.5. The van der Waals surface area contributed by atoms with E-state index in [-0.39, 0.29) is 24.2 Å². The van der Waals surface area contributed by atoms with Gasteiger partial charge in [-0.15, -0.1) is 0 Å². The minimum absolute atomic E-state index is 0.0685. The molecule has 28 heavy (non-hydrogen) atoms. The summed E-state index contributed by atoms with van der Waals surface area (Å²) < 4.78 is 0. The number of carbonyl (C=O) groups excluding carboxylic acids is 2. The molecule has 1 unspecified atom stereocenters. The topological polar surface area (TPSA) is 61.8 Å². The van der Waals surface area contributed by atoms with Crippen LogP contribution < -0.4 is 5.32 Å². The van der Waals surface area contributed by atoms with E-state index in [2.05, 4.69) is 5.32 Å². The van der Waals surface area contributed by atoms with E-state index in [0.29, 0.717) is 35.8 Å². The Labute approximate surface area is 169 Å². The number of halogens is 1. The molecule has 2 aliphatic heterocycles. The molecule has 0 aliphatic carbocycles. The van der Waals surface area contributed by atoms with Crippen LogP contribution in [0, 0.1) is 19.8 Å². The minimum Gasteiger partial charge on any atom is -0.325 e. The lowest BCUT2D eigenvalue weighted by atomic mass is 9.84. The SMILES string of the molecule is Cc1ccccc1NC(=O)CN1CCC2=Nc3c(ccc(Cl)c3C)C(=O)C2C1. The highest BCUT2D eigenvalue weighted by Crippen LogP contribution is 2.37. The van der Waals surface area contributed by atoms with E-state index >= 15 is 0 Å². The van der Waals surface area contributed by atoms with Crippen molar-refractivity contribution in [1.82, 2.24) is 4.90 Å². The van der Waals surface area contributed by atoms with E-state index in [0.717, 1.165) is 22.5 Å². The van der Waals surface area contributed by atoms with Crippen LogP contribution in [0.4, 0.5) is 11.4 Å². The Hall–Kier alpha value is -2.50. The van der Waals surface area contributed by atoms with Crippen molar-refractivity contribution in [2.24, 2.45) is 10.9 Å². The molecule has 0 aromatic heterocycles. The Morgan fingerprint density at radius 2 is 2.04 bits per heavy atom. The van der Waals surface area contributed by atoms with Gasteiger partial charge in [0.2, 0.25) is 5.91 Å². The summed E-state index contributed by atoms with van der Waals surface area (Å²) in [5, 5.41) is 3.58. The number of piperidine rings is 1. The summed E-state index contributed by atoms with van der Waals surface area (Å²) in [7, 11) is 0. The van der Waals surface area contributed by atoms with Gasteiger partial charge in [-0.25, -0.2) is 0 Å². The quantitative estimate of drug-likeness (QED) is 0.847. The summed E-state index contributed by atoms with van der Waals surface area (Å²) in [5.41, 5.74) is 4.92. The Morgan fingerprint density at radius 1 is 1.25 bits per heavy atom. The first-order valence-electron chi connectivity index (χ1n) is 9.42. The maximum absolute atomic E-state index is 13.0. The number of para-hydroxylation sites is 1. The van der Waals surface area contributed by atoms with Gasteiger partial charge in [0, 0.05) is 35.1 Å². The summed E-state index contributed by atoms with van der Waals surface area (Å²) in [4.78, 5) is 32.3. The summed E-state index contributed by atoms with van der Waals surface area (Å²) in [5.74, 6) is -0.280. The fraction of sp³-hybridized carbons (Fsp3) is 0.318. The summed E-state index contributed by atoms with van der Waals surface area (Å²) in [6, 6.07) is 11.2. The van der Waals surface area contributed by atoms with Gasteiger partial charge < -0.3 is 5.32 Å². The van der Waals surface area contributed by atoms with E-state index < -0.39 is 0 Å². The van der Waals surface area contributed by atoms with Gasteiger partial charge >= 0.3 is 0 Å². The second-order valence-corrected chi connectivity index (χ2v) is 7.84. The molecular weight excluding hydrogens is 374 g/mol. The molecule has 5 nitrogen and oxygen atoms in total. The standard InChI is InChI=1S/C22H22ClN3O2/c1-13-5-3-4-6-18(13)24-20(27)12-26-10-9-19-16(11-26)22(28)15-7-8-17(23)14(2)21(15)25-19/h3-8,16H,9-12H2,1-2H3,(H,24,27). The maximum Gasteiger partial charge on any atom is 0.238 e. The van der Waals surface area contributed by atoms with Crippen molar-refractivity contribution in [3.05, 3.63) is 58.1 Å². The number of amides is 1. The number of carbonyl (C=O) groups is 2. The highest BCUT2D eigenvalue weighted by molar-refractivity contribution is 6.32. The number of nitrogens with one attached hydrogen (secondary N) is 1. The van der Waals surface area contributed by atoms with Crippen molar-refractivity contribution in [3.63, 3.8) is 0 Å². The van der Waals surface area contributed by atoms with Gasteiger partial charge in [0.25, 0.3) is 0 Å². The average Bonchev–Trinajstić information content (AvgIpc) is 2.67. The van der Waals surface area contributed by atoms with Crippen molar-refractivity contribution in [2.45, 2.75) is 20.3 Å². The molecule has 2 aromatic carbocycles. The number of benzene rings is 2. The van der Waals surface area contributed by atoms with Crippen LogP contribution in [-0.4, -0.2) is 41.9 Å². The molecule has 1 amide bonds. The molecule has 1 fully saturated rings. The molecule has 2 heterocycles. The zero-order valence-corrected chi connectivity index (χ0v) is 16.7. The van der Waals surface area contributed by atoms with Gasteiger partial charge in [0.05, 0.1) is 18.2 Å². The molecule has 0 bridgehead atoms. The van der Waals surface area contributed by atoms with Crippen LogP contribution in [0.2, 0.25) is 5.02 Å². The molecule has 6 heteroatoms. The Bertz CT molecular complexity index is 999. The number of hydrogen-bond donors (Lipinski definition) is 1. The van der Waals surface area contributed by atoms with Crippen LogP contribution in [0.3, 0.4) is 0 Å². The number of likely N-dealkylation sites (tertiary alicyclic amines) is 1. The predicted molar refractivity (Wildman–Crippen MR) is 112 cm³/mol. The molecule has 0 radical (unpaired) electrons. The second kappa shape index (κ2) is 7.49. The number of rotatable bonds is 3. The fourth-order valence-electron chi connectivity index (χ4n) is 3.87. The van der Waals surface area contributed by atoms with E-state index in [4.69, 9.17) is 16.6 Å². The minimum atomic E-state index is -0.284. The summed E-state index contributed by atoms with van der Waals surface area (Å²) in [6.45, 7) is 5.34. The van der Waals surface area contributed by atoms with Crippen LogP contribution in [0.25, 0.3) is 0 Å². The maximum atomic E-state index is 13.0. The molecule has 1 saturated heterocycles. The van der Waals surface area contributed by atoms with E-state index in [1.807, 2.05) is 43.0 Å². The number of hydrogen-bond acceptors (Lipinski definition) is 4. The number of fused-ring (bicyclic) bond motifs is 2. The second-order valence-electron chi connectivity index (χ2n) is 7.44. The van der Waals surface area contributed by atoms with Crippen molar-refractivity contribution < 1.29 is 9.59 Å². The fourth-order valence-corrected chi connectivity index (χ4v) is 4.02. The molecule has 4 rings (SSSR count). The van der Waals surface area contributed by atoms with Gasteiger partial charge in [-0.3, -0.25) is 19.5 Å². The number of nitrogens with zero attached hydrogens (tertiary/aromatic N) is 2. The van der Waals surface area contributed by atoms with Crippen LogP contribution in [0.15, 0.2) is 41.4 Å². The van der Waals surface area contributed by atoms with Crippen molar-refractivity contribution in [3.8, 4) is 0 Å². The van der Waals surface area contributed by atoms with E-state index in [1.165, 1.54) is 0 Å². The lowest BCUT2D eigenvalue weighted by molar-refractivity contribution is -0.117. The molecule has 1 atom stereocenters. The van der Waals surface area contributed by atoms with Gasteiger partial charge in [0.15, 0.2) is 5.78 Å². The van der Waals surface area contributed by atoms with E-state index in [9.17, 15) is 9.59 Å². The lowest BCUT2D eigenvalue weighted by Crippen LogP contribution is -2.47. The Balaban J connectivity index is 1.47. The number of ketones is 1. The molecule has 2 aromatic rings. The number of aliphatic imine (C=N–C) groups is 1. The molecule has 144 valence electrons. The van der Waals surface area contributed by atoms with Crippen LogP contribution in [0.5, 0.6) is 0 Å². The number of anilines is 1. The zero-order valence-electron chi connectivity index (χ0n) is 16.0. The summed E-state index contributed by atoms with van der Waals surface area (Å²) >= 11 is 6.19. The first-order chi connectivity index (χ1) is 13.4. The number of Topliss-reactive ketones (excluding diaryl/α,β-unsaturated/α-hetero) is 1. The smallest absolute Gasteiger partial charge is 0.238 e. The molecule has 2 aliphatic rings. The van der Waals surface area contributed by atoms with Crippen molar-refractivity contribution in [1.29, 1.82) is 0 Å². The van der Waals surface area contributed by atoms with Crippen molar-refractivity contribution >= 4 is 40.4 Å². The highest BCUT2D eigenvalue weighted by Gasteiger charge is 2.36. The molecule has 1 N–H and O–H groups in total. The lowest BCUT2D eigenvalue weighted by Gasteiger charge is -2.35. The van der Waals surface area contributed by atoms with Gasteiger partial charge in [-0.05, 0) is 49.6 Å². The van der Waals surface area contributed by atoms with Gasteiger partial charge in [-0.1, -0.05) is 29.8 Å². The molecular formula is C22H22ClN3O2. The average molecular weight is 396 g/mol. The molecule has 0 saturated carbocycles. The van der Waals surface area contributed by atoms with Gasteiger partial charge in [0.1, 0.15) is 0 Å². The molecule has 0 spiro atoms. The Kier molecular flexibility index (Phi) is 5.04. The van der Waals surface area contributed by atoms with E-state index in [1.54, 1.807) is 12.1 Å². The largest absolute Gasteiger partial charge is 0.325 e. The van der Waals surface area contributed by atoms with Crippen LogP contribution in [0.1, 0.15) is 27.9 Å². The van der Waals surface area contributed by atoms with Crippen molar-refractivity contribution in [2.75, 3.05) is 25.0 Å². The third-order valence-electron chi connectivity index (χ3n) is 5.52. The van der Waals surface area contributed by atoms with Crippen LogP contribution in [-0.2, 0) is 4.79 Å². The third kappa shape index (κ3) is 3.48. The van der Waals surface area contributed by atoms with Gasteiger partial charge in [-0.2, -0.15) is 0 Å². The first kappa shape index (κ1) is 18.8. The van der Waals surface area contributed by atoms with Crippen LogP contribution >= 0.6 is 11.6 Å². The monoisotopic (exact) mass is 395 g/mol. The predicted octanol–water partition coefficient (Wildman–Crippen LogP) is 4.19. The normalized spacial score (nSPS) is 18.9. The number of aryl methyl sites for hydroxylation is 1.